The highest BCUT2D eigenvalue weighted by Gasteiger charge is 2.23. The van der Waals surface area contributed by atoms with Crippen LogP contribution in [0.15, 0.2) is 66.7 Å². The van der Waals surface area contributed by atoms with E-state index in [9.17, 15) is 9.59 Å². The molecule has 0 saturated heterocycles. The smallest absolute Gasteiger partial charge is 0.328 e. The lowest BCUT2D eigenvalue weighted by Gasteiger charge is -2.17. The molecule has 132 valence electrons. The number of hydrogen-bond acceptors (Lipinski definition) is 3. The Hall–Kier alpha value is -2.85. The van der Waals surface area contributed by atoms with Crippen LogP contribution in [0.1, 0.15) is 15.9 Å². The number of ether oxygens (including phenoxy) is 1. The first kappa shape index (κ1) is 18.0. The average molecular weight is 368 g/mol. The standard InChI is InChI=1S/C21H18ClNO3/c1-26-21(25)19(13-14-9-11-16(22)12-10-14)23-20(24)18-8-4-6-15-5-2-3-7-17(15)18/h2-12,19H,13H2,1H3,(H,23,24)/t19-/m0/s1. The Morgan fingerprint density at radius 1 is 1.00 bits per heavy atom. The molecule has 3 rings (SSSR count). The number of carbonyl (C=O) groups excluding carboxylic acids is 2. The van der Waals surface area contributed by atoms with Crippen LogP contribution in [0.4, 0.5) is 0 Å². The van der Waals surface area contributed by atoms with Crippen molar-refractivity contribution in [2.24, 2.45) is 0 Å². The lowest BCUT2D eigenvalue weighted by Crippen LogP contribution is -2.43. The monoisotopic (exact) mass is 367 g/mol. The van der Waals surface area contributed by atoms with Gasteiger partial charge in [-0.1, -0.05) is 60.1 Å². The van der Waals surface area contributed by atoms with Gasteiger partial charge in [-0.3, -0.25) is 4.79 Å². The summed E-state index contributed by atoms with van der Waals surface area (Å²) in [6, 6.07) is 19.5. The van der Waals surface area contributed by atoms with E-state index < -0.39 is 12.0 Å². The van der Waals surface area contributed by atoms with Gasteiger partial charge in [-0.05, 0) is 34.5 Å². The van der Waals surface area contributed by atoms with Crippen molar-refractivity contribution >= 4 is 34.2 Å². The van der Waals surface area contributed by atoms with Crippen LogP contribution >= 0.6 is 11.6 Å². The van der Waals surface area contributed by atoms with Crippen molar-refractivity contribution in [2.45, 2.75) is 12.5 Å². The number of methoxy groups -OCH3 is 1. The van der Waals surface area contributed by atoms with Crippen molar-refractivity contribution in [3.8, 4) is 0 Å². The van der Waals surface area contributed by atoms with Gasteiger partial charge in [0.2, 0.25) is 0 Å². The van der Waals surface area contributed by atoms with Gasteiger partial charge >= 0.3 is 5.97 Å². The number of nitrogens with one attached hydrogen (secondary N) is 1. The lowest BCUT2D eigenvalue weighted by atomic mass is 10.0. The Kier molecular flexibility index (Phi) is 5.54. The molecule has 1 atom stereocenters. The first-order chi connectivity index (χ1) is 12.6. The maximum Gasteiger partial charge on any atom is 0.328 e. The minimum Gasteiger partial charge on any atom is -0.467 e. The molecule has 0 radical (unpaired) electrons. The van der Waals surface area contributed by atoms with E-state index in [1.165, 1.54) is 7.11 Å². The van der Waals surface area contributed by atoms with Gasteiger partial charge in [0.25, 0.3) is 5.91 Å². The summed E-state index contributed by atoms with van der Waals surface area (Å²) in [5, 5.41) is 5.21. The number of carbonyl (C=O) groups is 2. The number of halogens is 1. The van der Waals surface area contributed by atoms with Crippen molar-refractivity contribution in [2.75, 3.05) is 7.11 Å². The summed E-state index contributed by atoms with van der Waals surface area (Å²) in [4.78, 5) is 24.9. The molecule has 0 aromatic heterocycles. The van der Waals surface area contributed by atoms with Crippen molar-refractivity contribution in [3.05, 3.63) is 82.9 Å². The molecule has 3 aromatic rings. The van der Waals surface area contributed by atoms with E-state index in [1.807, 2.05) is 48.5 Å². The minimum absolute atomic E-state index is 0.314. The molecule has 5 heteroatoms. The third-order valence-corrected chi connectivity index (χ3v) is 4.43. The highest BCUT2D eigenvalue weighted by Crippen LogP contribution is 2.19. The number of amides is 1. The van der Waals surface area contributed by atoms with Crippen LogP contribution in [0.25, 0.3) is 10.8 Å². The second-order valence-electron chi connectivity index (χ2n) is 5.91. The van der Waals surface area contributed by atoms with Gasteiger partial charge in [0, 0.05) is 17.0 Å². The predicted octanol–water partition coefficient (Wildman–Crippen LogP) is 4.01. The molecule has 0 fully saturated rings. The zero-order valence-corrected chi connectivity index (χ0v) is 15.0. The van der Waals surface area contributed by atoms with E-state index in [0.717, 1.165) is 16.3 Å². The van der Waals surface area contributed by atoms with Crippen molar-refractivity contribution in [1.82, 2.24) is 5.32 Å². The van der Waals surface area contributed by atoms with Gasteiger partial charge in [0.05, 0.1) is 7.11 Å². The van der Waals surface area contributed by atoms with Gasteiger partial charge < -0.3 is 10.1 Å². The second kappa shape index (κ2) is 8.02. The molecular weight excluding hydrogens is 350 g/mol. The van der Waals surface area contributed by atoms with E-state index in [-0.39, 0.29) is 5.91 Å². The molecule has 0 bridgehead atoms. The number of benzene rings is 3. The first-order valence-corrected chi connectivity index (χ1v) is 8.57. The molecule has 26 heavy (non-hydrogen) atoms. The molecule has 0 aliphatic heterocycles. The Morgan fingerprint density at radius 3 is 2.42 bits per heavy atom. The largest absolute Gasteiger partial charge is 0.467 e. The quantitative estimate of drug-likeness (QED) is 0.693. The van der Waals surface area contributed by atoms with Crippen LogP contribution in [0.2, 0.25) is 5.02 Å². The van der Waals surface area contributed by atoms with E-state index in [1.54, 1.807) is 18.2 Å². The van der Waals surface area contributed by atoms with Crippen LogP contribution in [-0.2, 0) is 16.0 Å². The molecule has 0 unspecified atom stereocenters. The van der Waals surface area contributed by atoms with Gasteiger partial charge in [0.1, 0.15) is 6.04 Å². The van der Waals surface area contributed by atoms with E-state index in [0.29, 0.717) is 17.0 Å². The third-order valence-electron chi connectivity index (χ3n) is 4.18. The first-order valence-electron chi connectivity index (χ1n) is 8.19. The molecule has 1 amide bonds. The van der Waals surface area contributed by atoms with E-state index in [4.69, 9.17) is 16.3 Å². The third kappa shape index (κ3) is 4.03. The highest BCUT2D eigenvalue weighted by atomic mass is 35.5. The average Bonchev–Trinajstić information content (AvgIpc) is 2.68. The Morgan fingerprint density at radius 2 is 1.69 bits per heavy atom. The zero-order valence-electron chi connectivity index (χ0n) is 14.2. The normalized spacial score (nSPS) is 11.8. The molecule has 0 aliphatic rings. The van der Waals surface area contributed by atoms with Crippen LogP contribution in [-0.4, -0.2) is 25.0 Å². The summed E-state index contributed by atoms with van der Waals surface area (Å²) >= 11 is 5.90. The summed E-state index contributed by atoms with van der Waals surface area (Å²) in [5.41, 5.74) is 1.40. The summed E-state index contributed by atoms with van der Waals surface area (Å²) in [5.74, 6) is -0.806. The summed E-state index contributed by atoms with van der Waals surface area (Å²) in [7, 11) is 1.31. The lowest BCUT2D eigenvalue weighted by molar-refractivity contribution is -0.142. The molecule has 4 nitrogen and oxygen atoms in total. The summed E-state index contributed by atoms with van der Waals surface area (Å²) < 4.78 is 4.85. The second-order valence-corrected chi connectivity index (χ2v) is 6.34. The van der Waals surface area contributed by atoms with E-state index >= 15 is 0 Å². The Labute approximate surface area is 156 Å². The van der Waals surface area contributed by atoms with Gasteiger partial charge in [-0.2, -0.15) is 0 Å². The SMILES string of the molecule is COC(=O)[C@H](Cc1ccc(Cl)cc1)NC(=O)c1cccc2ccccc12. The molecule has 1 N–H and O–H groups in total. The number of esters is 1. The van der Waals surface area contributed by atoms with Crippen LogP contribution < -0.4 is 5.32 Å². The highest BCUT2D eigenvalue weighted by molar-refractivity contribution is 6.30. The van der Waals surface area contributed by atoms with Crippen LogP contribution in [0.3, 0.4) is 0 Å². The molecule has 3 aromatic carbocycles. The van der Waals surface area contributed by atoms with Gasteiger partial charge in [-0.25, -0.2) is 4.79 Å². The number of hydrogen-bond donors (Lipinski definition) is 1. The fraction of sp³-hybridized carbons (Fsp3) is 0.143. The molecular formula is C21H18ClNO3. The van der Waals surface area contributed by atoms with Crippen molar-refractivity contribution in [1.29, 1.82) is 0 Å². The number of fused-ring (bicyclic) bond motifs is 1. The van der Waals surface area contributed by atoms with Gasteiger partial charge in [-0.15, -0.1) is 0 Å². The predicted molar refractivity (Wildman–Crippen MR) is 102 cm³/mol. The fourth-order valence-corrected chi connectivity index (χ4v) is 2.98. The van der Waals surface area contributed by atoms with Crippen molar-refractivity contribution in [3.63, 3.8) is 0 Å². The topological polar surface area (TPSA) is 55.4 Å². The number of rotatable bonds is 5. The van der Waals surface area contributed by atoms with Gasteiger partial charge in [0.15, 0.2) is 0 Å². The zero-order chi connectivity index (χ0) is 18.5. The van der Waals surface area contributed by atoms with Crippen LogP contribution in [0, 0.1) is 0 Å². The van der Waals surface area contributed by atoms with Crippen molar-refractivity contribution < 1.29 is 14.3 Å². The molecule has 0 heterocycles. The summed E-state index contributed by atoms with van der Waals surface area (Å²) in [6.45, 7) is 0. The van der Waals surface area contributed by atoms with Crippen LogP contribution in [0.5, 0.6) is 0 Å². The molecule has 0 saturated carbocycles. The molecule has 0 spiro atoms. The Balaban J connectivity index is 1.85. The van der Waals surface area contributed by atoms with E-state index in [2.05, 4.69) is 5.32 Å². The maximum absolute atomic E-state index is 12.8. The minimum atomic E-state index is -0.785. The fourth-order valence-electron chi connectivity index (χ4n) is 2.85. The molecule has 0 aliphatic carbocycles. The summed E-state index contributed by atoms with van der Waals surface area (Å²) in [6.07, 6.45) is 0.320. The Bertz CT molecular complexity index is 932. The maximum atomic E-state index is 12.8.